The summed E-state index contributed by atoms with van der Waals surface area (Å²) in [5, 5.41) is 0. The van der Waals surface area contributed by atoms with Gasteiger partial charge in [-0.15, -0.1) is 0 Å². The lowest BCUT2D eigenvalue weighted by molar-refractivity contribution is 0.778. The third-order valence-electron chi connectivity index (χ3n) is 3.35. The zero-order valence-electron chi connectivity index (χ0n) is 13.0. The monoisotopic (exact) mass is 286 g/mol. The van der Waals surface area contributed by atoms with Crippen molar-refractivity contribution in [3.8, 4) is 0 Å². The van der Waals surface area contributed by atoms with Gasteiger partial charge < -0.3 is 10.3 Å². The number of aryl methyl sites for hydroxylation is 2. The van der Waals surface area contributed by atoms with Crippen molar-refractivity contribution < 1.29 is 0 Å². The van der Waals surface area contributed by atoms with Crippen molar-refractivity contribution in [3.05, 3.63) is 41.0 Å². The van der Waals surface area contributed by atoms with Crippen molar-refractivity contribution in [2.24, 2.45) is 5.84 Å². The SMILES string of the molecule is CCN(Cc1cccc(C)n1)c1nc(C)nc(NN)c1C. The molecule has 0 radical (unpaired) electrons. The van der Waals surface area contributed by atoms with E-state index in [1.54, 1.807) is 0 Å². The highest BCUT2D eigenvalue weighted by Crippen LogP contribution is 2.24. The average Bonchev–Trinajstić information content (AvgIpc) is 2.47. The normalized spacial score (nSPS) is 10.5. The van der Waals surface area contributed by atoms with Gasteiger partial charge in [0.05, 0.1) is 12.2 Å². The molecular weight excluding hydrogens is 264 g/mol. The Balaban J connectivity index is 2.35. The van der Waals surface area contributed by atoms with Crippen LogP contribution in [0.4, 0.5) is 11.6 Å². The molecule has 2 aromatic heterocycles. The largest absolute Gasteiger partial charge is 0.351 e. The molecule has 0 bridgehead atoms. The van der Waals surface area contributed by atoms with Gasteiger partial charge in [0.15, 0.2) is 0 Å². The van der Waals surface area contributed by atoms with Crippen LogP contribution in [0.5, 0.6) is 0 Å². The second-order valence-electron chi connectivity index (χ2n) is 5.00. The van der Waals surface area contributed by atoms with Gasteiger partial charge in [0, 0.05) is 17.8 Å². The molecule has 0 unspecified atom stereocenters. The van der Waals surface area contributed by atoms with Gasteiger partial charge in [-0.1, -0.05) is 6.07 Å². The number of nitrogen functional groups attached to an aromatic ring is 1. The summed E-state index contributed by atoms with van der Waals surface area (Å²) in [6.07, 6.45) is 0. The van der Waals surface area contributed by atoms with Crippen molar-refractivity contribution in [2.75, 3.05) is 16.9 Å². The molecule has 0 spiro atoms. The van der Waals surface area contributed by atoms with Gasteiger partial charge in [0.25, 0.3) is 0 Å². The van der Waals surface area contributed by atoms with Crippen LogP contribution in [0.15, 0.2) is 18.2 Å². The van der Waals surface area contributed by atoms with Gasteiger partial charge in [0.2, 0.25) is 0 Å². The number of pyridine rings is 1. The number of hydrogen-bond donors (Lipinski definition) is 2. The molecule has 2 aromatic rings. The van der Waals surface area contributed by atoms with Gasteiger partial charge in [-0.2, -0.15) is 0 Å². The number of hydrazine groups is 1. The number of nitrogens with zero attached hydrogens (tertiary/aromatic N) is 4. The first-order valence-corrected chi connectivity index (χ1v) is 7.04. The van der Waals surface area contributed by atoms with E-state index in [4.69, 9.17) is 5.84 Å². The van der Waals surface area contributed by atoms with Crippen LogP contribution in [-0.2, 0) is 6.54 Å². The number of nitrogens with two attached hydrogens (primary N) is 1. The summed E-state index contributed by atoms with van der Waals surface area (Å²) in [5.41, 5.74) is 5.62. The molecule has 0 saturated carbocycles. The van der Waals surface area contributed by atoms with Gasteiger partial charge >= 0.3 is 0 Å². The molecule has 0 aliphatic carbocycles. The lowest BCUT2D eigenvalue weighted by Gasteiger charge is -2.24. The summed E-state index contributed by atoms with van der Waals surface area (Å²) in [4.78, 5) is 15.6. The molecule has 6 heteroatoms. The Hall–Kier alpha value is -2.21. The number of aromatic nitrogens is 3. The van der Waals surface area contributed by atoms with Crippen LogP contribution < -0.4 is 16.2 Å². The Bertz CT molecular complexity index is 626. The summed E-state index contributed by atoms with van der Waals surface area (Å²) < 4.78 is 0. The number of nitrogens with one attached hydrogen (secondary N) is 1. The van der Waals surface area contributed by atoms with E-state index < -0.39 is 0 Å². The van der Waals surface area contributed by atoms with Gasteiger partial charge in [-0.25, -0.2) is 15.8 Å². The molecule has 112 valence electrons. The Kier molecular flexibility index (Phi) is 4.70. The van der Waals surface area contributed by atoms with Crippen molar-refractivity contribution in [1.82, 2.24) is 15.0 Å². The molecular formula is C15H22N6. The number of hydrogen-bond acceptors (Lipinski definition) is 6. The molecule has 0 amide bonds. The van der Waals surface area contributed by atoms with Crippen molar-refractivity contribution in [1.29, 1.82) is 0 Å². The summed E-state index contributed by atoms with van der Waals surface area (Å²) in [5.74, 6) is 7.78. The van der Waals surface area contributed by atoms with Crippen LogP contribution in [0.2, 0.25) is 0 Å². The second kappa shape index (κ2) is 6.49. The Morgan fingerprint density at radius 2 is 1.90 bits per heavy atom. The first-order chi connectivity index (χ1) is 10.0. The molecule has 0 fully saturated rings. The van der Waals surface area contributed by atoms with Crippen LogP contribution in [0, 0.1) is 20.8 Å². The average molecular weight is 286 g/mol. The lowest BCUT2D eigenvalue weighted by Crippen LogP contribution is -2.26. The van der Waals surface area contributed by atoms with Crippen LogP contribution in [-0.4, -0.2) is 21.5 Å². The molecule has 3 N–H and O–H groups in total. The lowest BCUT2D eigenvalue weighted by atomic mass is 10.2. The summed E-state index contributed by atoms with van der Waals surface area (Å²) in [6.45, 7) is 9.47. The Morgan fingerprint density at radius 1 is 1.14 bits per heavy atom. The first-order valence-electron chi connectivity index (χ1n) is 7.04. The molecule has 2 rings (SSSR count). The van der Waals surface area contributed by atoms with Crippen LogP contribution >= 0.6 is 0 Å². The minimum absolute atomic E-state index is 0.660. The summed E-state index contributed by atoms with van der Waals surface area (Å²) >= 11 is 0. The van der Waals surface area contributed by atoms with Gasteiger partial charge in [0.1, 0.15) is 17.5 Å². The van der Waals surface area contributed by atoms with E-state index >= 15 is 0 Å². The maximum absolute atomic E-state index is 5.53. The zero-order chi connectivity index (χ0) is 15.4. The molecule has 0 aliphatic rings. The highest BCUT2D eigenvalue weighted by molar-refractivity contribution is 5.58. The molecule has 0 saturated heterocycles. The fourth-order valence-electron chi connectivity index (χ4n) is 2.28. The van der Waals surface area contributed by atoms with Crippen molar-refractivity contribution in [2.45, 2.75) is 34.2 Å². The predicted molar refractivity (Wildman–Crippen MR) is 85.0 cm³/mol. The number of anilines is 2. The van der Waals surface area contributed by atoms with E-state index in [1.165, 1.54) is 0 Å². The highest BCUT2D eigenvalue weighted by Gasteiger charge is 2.15. The summed E-state index contributed by atoms with van der Waals surface area (Å²) in [7, 11) is 0. The third-order valence-corrected chi connectivity index (χ3v) is 3.35. The Labute approximate surface area is 125 Å². The molecule has 6 nitrogen and oxygen atoms in total. The van der Waals surface area contributed by atoms with Crippen LogP contribution in [0.1, 0.15) is 29.7 Å². The van der Waals surface area contributed by atoms with Gasteiger partial charge in [-0.3, -0.25) is 4.98 Å². The number of rotatable bonds is 5. The van der Waals surface area contributed by atoms with E-state index in [0.29, 0.717) is 18.2 Å². The van der Waals surface area contributed by atoms with E-state index in [0.717, 1.165) is 29.3 Å². The zero-order valence-corrected chi connectivity index (χ0v) is 13.0. The molecule has 2 heterocycles. The molecule has 0 atom stereocenters. The quantitative estimate of drug-likeness (QED) is 0.647. The fourth-order valence-corrected chi connectivity index (χ4v) is 2.28. The highest BCUT2D eigenvalue weighted by atomic mass is 15.3. The molecule has 0 aromatic carbocycles. The fraction of sp³-hybridized carbons (Fsp3) is 0.400. The van der Waals surface area contributed by atoms with E-state index in [-0.39, 0.29) is 0 Å². The topological polar surface area (TPSA) is 80.0 Å². The predicted octanol–water partition coefficient (Wildman–Crippen LogP) is 2.11. The van der Waals surface area contributed by atoms with E-state index in [1.807, 2.05) is 39.0 Å². The maximum atomic E-state index is 5.53. The van der Waals surface area contributed by atoms with Crippen LogP contribution in [0.25, 0.3) is 0 Å². The summed E-state index contributed by atoms with van der Waals surface area (Å²) in [6, 6.07) is 6.05. The molecule has 0 aliphatic heterocycles. The van der Waals surface area contributed by atoms with Crippen molar-refractivity contribution >= 4 is 11.6 Å². The maximum Gasteiger partial charge on any atom is 0.148 e. The first kappa shape index (κ1) is 15.2. The van der Waals surface area contributed by atoms with Crippen molar-refractivity contribution in [3.63, 3.8) is 0 Å². The second-order valence-corrected chi connectivity index (χ2v) is 5.00. The standard InChI is InChI=1S/C15H22N6/c1-5-21(9-13-8-6-7-10(2)17-13)15-11(3)14(20-16)18-12(4)19-15/h6-8H,5,9,16H2,1-4H3,(H,18,19,20). The Morgan fingerprint density at radius 3 is 2.52 bits per heavy atom. The minimum Gasteiger partial charge on any atom is -0.351 e. The van der Waals surface area contributed by atoms with Gasteiger partial charge in [-0.05, 0) is 39.8 Å². The third kappa shape index (κ3) is 3.46. The van der Waals surface area contributed by atoms with Crippen LogP contribution in [0.3, 0.4) is 0 Å². The van der Waals surface area contributed by atoms with E-state index in [9.17, 15) is 0 Å². The minimum atomic E-state index is 0.660. The molecule has 21 heavy (non-hydrogen) atoms. The smallest absolute Gasteiger partial charge is 0.148 e. The van der Waals surface area contributed by atoms with E-state index in [2.05, 4.69) is 32.2 Å².